The minimum absolute atomic E-state index is 0.0217. The Hall–Kier alpha value is -0.900. The standard InChI is InChI=1S/C11H22N4/c1-5-9(12)10-8-15(14-13-10)7-6-11(2,3)4/h8-9H,5-7,12H2,1-4H3. The zero-order valence-electron chi connectivity index (χ0n) is 10.2. The van der Waals surface area contributed by atoms with Gasteiger partial charge in [-0.15, -0.1) is 5.10 Å². The van der Waals surface area contributed by atoms with Crippen LogP contribution in [0, 0.1) is 5.41 Å². The lowest BCUT2D eigenvalue weighted by Gasteiger charge is -2.17. The van der Waals surface area contributed by atoms with Crippen LogP contribution in [0.5, 0.6) is 0 Å². The van der Waals surface area contributed by atoms with E-state index in [1.165, 1.54) is 0 Å². The second-order valence-corrected chi connectivity index (χ2v) is 5.23. The van der Waals surface area contributed by atoms with Crippen LogP contribution in [0.3, 0.4) is 0 Å². The molecule has 0 aromatic carbocycles. The van der Waals surface area contributed by atoms with Crippen molar-refractivity contribution in [2.75, 3.05) is 0 Å². The highest BCUT2D eigenvalue weighted by Crippen LogP contribution is 2.19. The number of rotatable bonds is 4. The van der Waals surface area contributed by atoms with Crippen LogP contribution in [0.25, 0.3) is 0 Å². The second kappa shape index (κ2) is 4.75. The molecule has 1 rings (SSSR count). The number of nitrogens with two attached hydrogens (primary N) is 1. The number of nitrogens with zero attached hydrogens (tertiary/aromatic N) is 3. The zero-order chi connectivity index (χ0) is 11.5. The summed E-state index contributed by atoms with van der Waals surface area (Å²) in [7, 11) is 0. The summed E-state index contributed by atoms with van der Waals surface area (Å²) in [5, 5.41) is 8.15. The third-order valence-electron chi connectivity index (χ3n) is 2.47. The van der Waals surface area contributed by atoms with Crippen molar-refractivity contribution in [1.29, 1.82) is 0 Å². The van der Waals surface area contributed by atoms with E-state index in [2.05, 4.69) is 38.0 Å². The Morgan fingerprint density at radius 2 is 2.13 bits per heavy atom. The molecule has 0 radical (unpaired) electrons. The van der Waals surface area contributed by atoms with Crippen LogP contribution in [0.4, 0.5) is 0 Å². The summed E-state index contributed by atoms with van der Waals surface area (Å²) in [4.78, 5) is 0. The molecule has 0 saturated carbocycles. The fourth-order valence-corrected chi connectivity index (χ4v) is 1.25. The third-order valence-corrected chi connectivity index (χ3v) is 2.47. The molecule has 4 nitrogen and oxygen atoms in total. The van der Waals surface area contributed by atoms with Crippen LogP contribution < -0.4 is 5.73 Å². The molecule has 0 aliphatic rings. The predicted molar refractivity (Wildman–Crippen MR) is 61.3 cm³/mol. The van der Waals surface area contributed by atoms with Crippen LogP contribution in [0.2, 0.25) is 0 Å². The molecule has 1 unspecified atom stereocenters. The molecule has 1 heterocycles. The van der Waals surface area contributed by atoms with Crippen molar-refractivity contribution < 1.29 is 0 Å². The van der Waals surface area contributed by atoms with Gasteiger partial charge in [0.1, 0.15) is 0 Å². The van der Waals surface area contributed by atoms with Crippen molar-refractivity contribution >= 4 is 0 Å². The Kier molecular flexibility index (Phi) is 3.85. The Morgan fingerprint density at radius 3 is 2.67 bits per heavy atom. The minimum Gasteiger partial charge on any atom is -0.323 e. The summed E-state index contributed by atoms with van der Waals surface area (Å²) < 4.78 is 1.89. The topological polar surface area (TPSA) is 56.7 Å². The van der Waals surface area contributed by atoms with Crippen LogP contribution in [-0.2, 0) is 6.54 Å². The summed E-state index contributed by atoms with van der Waals surface area (Å²) >= 11 is 0. The lowest BCUT2D eigenvalue weighted by Crippen LogP contribution is -2.11. The molecule has 0 amide bonds. The highest BCUT2D eigenvalue weighted by molar-refractivity contribution is 4.98. The van der Waals surface area contributed by atoms with Crippen molar-refractivity contribution in [2.24, 2.45) is 11.1 Å². The zero-order valence-corrected chi connectivity index (χ0v) is 10.2. The van der Waals surface area contributed by atoms with Gasteiger partial charge in [0.15, 0.2) is 0 Å². The van der Waals surface area contributed by atoms with Gasteiger partial charge in [-0.05, 0) is 18.3 Å². The SMILES string of the molecule is CCC(N)c1cn(CCC(C)(C)C)nn1. The summed E-state index contributed by atoms with van der Waals surface area (Å²) in [6.45, 7) is 9.64. The molecule has 15 heavy (non-hydrogen) atoms. The van der Waals surface area contributed by atoms with Gasteiger partial charge < -0.3 is 5.73 Å². The fraction of sp³-hybridized carbons (Fsp3) is 0.818. The third kappa shape index (κ3) is 4.00. The van der Waals surface area contributed by atoms with Gasteiger partial charge in [0.05, 0.1) is 17.9 Å². The Labute approximate surface area is 91.9 Å². The largest absolute Gasteiger partial charge is 0.323 e. The average molecular weight is 210 g/mol. The van der Waals surface area contributed by atoms with E-state index in [9.17, 15) is 0 Å². The normalized spacial score (nSPS) is 14.2. The van der Waals surface area contributed by atoms with Gasteiger partial charge in [0, 0.05) is 6.54 Å². The molecule has 86 valence electrons. The maximum absolute atomic E-state index is 5.87. The van der Waals surface area contributed by atoms with Gasteiger partial charge >= 0.3 is 0 Å². The highest BCUT2D eigenvalue weighted by atomic mass is 15.4. The van der Waals surface area contributed by atoms with E-state index in [4.69, 9.17) is 5.73 Å². The fourth-order valence-electron chi connectivity index (χ4n) is 1.25. The Morgan fingerprint density at radius 1 is 1.47 bits per heavy atom. The van der Waals surface area contributed by atoms with Crippen molar-refractivity contribution in [1.82, 2.24) is 15.0 Å². The number of aryl methyl sites for hydroxylation is 1. The van der Waals surface area contributed by atoms with E-state index >= 15 is 0 Å². The van der Waals surface area contributed by atoms with Gasteiger partial charge in [-0.2, -0.15) is 0 Å². The maximum Gasteiger partial charge on any atom is 0.0993 e. The van der Waals surface area contributed by atoms with E-state index in [-0.39, 0.29) is 6.04 Å². The molecule has 0 saturated heterocycles. The van der Waals surface area contributed by atoms with Crippen LogP contribution in [0.1, 0.15) is 52.3 Å². The van der Waals surface area contributed by atoms with Gasteiger partial charge in [0.2, 0.25) is 0 Å². The molecule has 1 aromatic rings. The molecular weight excluding hydrogens is 188 g/mol. The first-order chi connectivity index (χ1) is 6.92. The quantitative estimate of drug-likeness (QED) is 0.828. The molecule has 0 spiro atoms. The second-order valence-electron chi connectivity index (χ2n) is 5.23. The molecule has 0 aliphatic carbocycles. The van der Waals surface area contributed by atoms with Crippen molar-refractivity contribution in [3.63, 3.8) is 0 Å². The smallest absolute Gasteiger partial charge is 0.0993 e. The molecule has 2 N–H and O–H groups in total. The van der Waals surface area contributed by atoms with Gasteiger partial charge in [-0.25, -0.2) is 0 Å². The van der Waals surface area contributed by atoms with E-state index in [1.807, 2.05) is 10.9 Å². The summed E-state index contributed by atoms with van der Waals surface area (Å²) in [5.74, 6) is 0. The van der Waals surface area contributed by atoms with Crippen LogP contribution >= 0.6 is 0 Å². The molecule has 4 heteroatoms. The first-order valence-corrected chi connectivity index (χ1v) is 5.58. The van der Waals surface area contributed by atoms with Gasteiger partial charge in [-0.3, -0.25) is 4.68 Å². The van der Waals surface area contributed by atoms with E-state index in [1.54, 1.807) is 0 Å². The van der Waals surface area contributed by atoms with E-state index in [0.29, 0.717) is 5.41 Å². The van der Waals surface area contributed by atoms with Crippen LogP contribution in [0.15, 0.2) is 6.20 Å². The van der Waals surface area contributed by atoms with E-state index in [0.717, 1.165) is 25.1 Å². The van der Waals surface area contributed by atoms with Crippen molar-refractivity contribution in [3.05, 3.63) is 11.9 Å². The molecule has 0 fully saturated rings. The Bertz CT molecular complexity index is 298. The predicted octanol–water partition coefficient (Wildman–Crippen LogP) is 2.12. The Balaban J connectivity index is 2.53. The van der Waals surface area contributed by atoms with Crippen molar-refractivity contribution in [3.8, 4) is 0 Å². The summed E-state index contributed by atoms with van der Waals surface area (Å²) in [5.41, 5.74) is 7.10. The molecule has 0 bridgehead atoms. The summed E-state index contributed by atoms with van der Waals surface area (Å²) in [6.07, 6.45) is 3.95. The monoisotopic (exact) mass is 210 g/mol. The lowest BCUT2D eigenvalue weighted by molar-refractivity contribution is 0.339. The van der Waals surface area contributed by atoms with E-state index < -0.39 is 0 Å². The molecule has 1 aromatic heterocycles. The van der Waals surface area contributed by atoms with Crippen LogP contribution in [-0.4, -0.2) is 15.0 Å². The van der Waals surface area contributed by atoms with Crippen molar-refractivity contribution in [2.45, 2.75) is 53.1 Å². The lowest BCUT2D eigenvalue weighted by atomic mass is 9.92. The first-order valence-electron chi connectivity index (χ1n) is 5.58. The van der Waals surface area contributed by atoms with Gasteiger partial charge in [0.25, 0.3) is 0 Å². The maximum atomic E-state index is 5.87. The summed E-state index contributed by atoms with van der Waals surface area (Å²) in [6, 6.07) is 0.0217. The first kappa shape index (κ1) is 12.2. The number of hydrogen-bond acceptors (Lipinski definition) is 3. The number of hydrogen-bond donors (Lipinski definition) is 1. The molecule has 1 atom stereocenters. The highest BCUT2D eigenvalue weighted by Gasteiger charge is 2.12. The molecular formula is C11H22N4. The number of aromatic nitrogens is 3. The molecule has 0 aliphatic heterocycles. The average Bonchev–Trinajstić information content (AvgIpc) is 2.61. The minimum atomic E-state index is 0.0217. The van der Waals surface area contributed by atoms with Gasteiger partial charge in [-0.1, -0.05) is 32.9 Å².